The van der Waals surface area contributed by atoms with E-state index in [2.05, 4.69) is 10.6 Å². The van der Waals surface area contributed by atoms with E-state index in [1.807, 2.05) is 54.6 Å². The van der Waals surface area contributed by atoms with Gasteiger partial charge < -0.3 is 15.4 Å². The van der Waals surface area contributed by atoms with Crippen molar-refractivity contribution < 1.29 is 18.7 Å². The van der Waals surface area contributed by atoms with E-state index in [1.165, 1.54) is 18.2 Å². The lowest BCUT2D eigenvalue weighted by Gasteiger charge is -2.20. The van der Waals surface area contributed by atoms with Crippen LogP contribution in [0.1, 0.15) is 22.7 Å². The van der Waals surface area contributed by atoms with E-state index in [-0.39, 0.29) is 30.2 Å². The van der Waals surface area contributed by atoms with Gasteiger partial charge in [0, 0.05) is 6.08 Å². The summed E-state index contributed by atoms with van der Waals surface area (Å²) in [7, 11) is 1.59. The molecule has 0 bridgehead atoms. The Morgan fingerprint density at radius 1 is 0.969 bits per heavy atom. The molecule has 3 aromatic carbocycles. The van der Waals surface area contributed by atoms with Crippen LogP contribution in [-0.2, 0) is 16.0 Å². The first-order chi connectivity index (χ1) is 15.5. The molecule has 1 atom stereocenters. The fraction of sp³-hybridized carbons (Fsp3) is 0.154. The molecular weight excluding hydrogens is 407 g/mol. The van der Waals surface area contributed by atoms with Crippen LogP contribution in [0.3, 0.4) is 0 Å². The van der Waals surface area contributed by atoms with Gasteiger partial charge in [-0.05, 0) is 53.5 Å². The molecule has 0 aliphatic rings. The Kier molecular flexibility index (Phi) is 8.15. The normalized spacial score (nSPS) is 11.7. The maximum atomic E-state index is 13.3. The zero-order valence-electron chi connectivity index (χ0n) is 17.8. The first kappa shape index (κ1) is 22.7. The molecule has 0 heterocycles. The van der Waals surface area contributed by atoms with E-state index < -0.39 is 0 Å². The van der Waals surface area contributed by atoms with Crippen LogP contribution in [0.4, 0.5) is 4.39 Å². The van der Waals surface area contributed by atoms with Crippen molar-refractivity contribution in [3.8, 4) is 5.75 Å². The number of benzene rings is 3. The molecule has 164 valence electrons. The Balaban J connectivity index is 1.62. The van der Waals surface area contributed by atoms with Crippen molar-refractivity contribution in [3.05, 3.63) is 107 Å². The average molecular weight is 432 g/mol. The van der Waals surface area contributed by atoms with Gasteiger partial charge in [-0.15, -0.1) is 0 Å². The minimum absolute atomic E-state index is 0.159. The smallest absolute Gasteiger partial charge is 0.244 e. The number of rotatable bonds is 9. The van der Waals surface area contributed by atoms with Crippen molar-refractivity contribution in [1.29, 1.82) is 0 Å². The van der Waals surface area contributed by atoms with Gasteiger partial charge in [-0.25, -0.2) is 4.39 Å². The minimum Gasteiger partial charge on any atom is -0.497 e. The standard InChI is InChI=1S/C26H25FN2O3/c1-32-23-14-10-21(11-15-23)24(17-20-7-12-22(27)13-8-20)29-26(31)18-28-25(30)16-9-19-5-3-2-4-6-19/h2-16,24H,17-18H2,1H3,(H,28,30)(H,29,31)/b16-9+. The lowest BCUT2D eigenvalue weighted by Crippen LogP contribution is -2.38. The highest BCUT2D eigenvalue weighted by atomic mass is 19.1. The monoisotopic (exact) mass is 432 g/mol. The molecule has 3 aromatic rings. The third-order valence-electron chi connectivity index (χ3n) is 4.86. The highest BCUT2D eigenvalue weighted by molar-refractivity contribution is 5.94. The summed E-state index contributed by atoms with van der Waals surface area (Å²) in [6, 6.07) is 22.6. The minimum atomic E-state index is -0.358. The molecule has 1 unspecified atom stereocenters. The number of hydrogen-bond acceptors (Lipinski definition) is 3. The van der Waals surface area contributed by atoms with Gasteiger partial charge in [0.15, 0.2) is 0 Å². The zero-order valence-corrected chi connectivity index (χ0v) is 17.8. The van der Waals surface area contributed by atoms with Gasteiger partial charge >= 0.3 is 0 Å². The molecule has 0 saturated carbocycles. The molecule has 2 amide bonds. The van der Waals surface area contributed by atoms with Crippen LogP contribution in [0.5, 0.6) is 5.75 Å². The lowest BCUT2D eigenvalue weighted by molar-refractivity contribution is -0.124. The van der Waals surface area contributed by atoms with E-state index >= 15 is 0 Å². The van der Waals surface area contributed by atoms with Gasteiger partial charge in [-0.1, -0.05) is 54.6 Å². The molecule has 3 rings (SSSR count). The van der Waals surface area contributed by atoms with Crippen LogP contribution in [0.2, 0.25) is 0 Å². The number of amides is 2. The predicted molar refractivity (Wildman–Crippen MR) is 122 cm³/mol. The third kappa shape index (κ3) is 7.09. The molecule has 0 spiro atoms. The number of nitrogens with one attached hydrogen (secondary N) is 2. The van der Waals surface area contributed by atoms with E-state index in [1.54, 1.807) is 25.3 Å². The highest BCUT2D eigenvalue weighted by Gasteiger charge is 2.16. The second-order valence-corrected chi connectivity index (χ2v) is 7.19. The van der Waals surface area contributed by atoms with Crippen molar-refractivity contribution in [3.63, 3.8) is 0 Å². The van der Waals surface area contributed by atoms with Crippen molar-refractivity contribution in [2.45, 2.75) is 12.5 Å². The quantitative estimate of drug-likeness (QED) is 0.501. The van der Waals surface area contributed by atoms with Crippen LogP contribution in [0.15, 0.2) is 84.9 Å². The molecule has 0 aliphatic heterocycles. The Bertz CT molecular complexity index is 1050. The molecule has 0 aromatic heterocycles. The van der Waals surface area contributed by atoms with Gasteiger partial charge in [0.2, 0.25) is 11.8 Å². The lowest BCUT2D eigenvalue weighted by atomic mass is 9.98. The summed E-state index contributed by atoms with van der Waals surface area (Å²) < 4.78 is 18.5. The zero-order chi connectivity index (χ0) is 22.8. The van der Waals surface area contributed by atoms with Gasteiger partial charge in [-0.2, -0.15) is 0 Å². The second kappa shape index (κ2) is 11.5. The van der Waals surface area contributed by atoms with Crippen molar-refractivity contribution in [2.75, 3.05) is 13.7 Å². The molecule has 0 aliphatic carbocycles. The topological polar surface area (TPSA) is 67.4 Å². The van der Waals surface area contributed by atoms with Crippen LogP contribution in [0.25, 0.3) is 6.08 Å². The van der Waals surface area contributed by atoms with Crippen LogP contribution in [-0.4, -0.2) is 25.5 Å². The largest absolute Gasteiger partial charge is 0.497 e. The maximum Gasteiger partial charge on any atom is 0.244 e. The number of hydrogen-bond donors (Lipinski definition) is 2. The molecule has 6 heteroatoms. The number of halogens is 1. The van der Waals surface area contributed by atoms with Crippen LogP contribution >= 0.6 is 0 Å². The molecule has 0 fully saturated rings. The van der Waals surface area contributed by atoms with Gasteiger partial charge in [0.25, 0.3) is 0 Å². The molecule has 0 radical (unpaired) electrons. The summed E-state index contributed by atoms with van der Waals surface area (Å²) in [6.45, 7) is -0.159. The predicted octanol–water partition coefficient (Wildman–Crippen LogP) is 4.06. The second-order valence-electron chi connectivity index (χ2n) is 7.19. The maximum absolute atomic E-state index is 13.3. The summed E-state index contributed by atoms with van der Waals surface area (Å²) in [6.07, 6.45) is 3.55. The molecular formula is C26H25FN2O3. The Morgan fingerprint density at radius 3 is 2.31 bits per heavy atom. The summed E-state index contributed by atoms with van der Waals surface area (Å²) in [4.78, 5) is 24.6. The van der Waals surface area contributed by atoms with E-state index in [9.17, 15) is 14.0 Å². The van der Waals surface area contributed by atoms with Gasteiger partial charge in [0.05, 0.1) is 19.7 Å². The number of methoxy groups -OCH3 is 1. The first-order valence-corrected chi connectivity index (χ1v) is 10.2. The fourth-order valence-corrected chi connectivity index (χ4v) is 3.15. The van der Waals surface area contributed by atoms with Gasteiger partial charge in [-0.3, -0.25) is 9.59 Å². The summed E-state index contributed by atoms with van der Waals surface area (Å²) >= 11 is 0. The molecule has 2 N–H and O–H groups in total. The van der Waals surface area contributed by atoms with Crippen LogP contribution in [0, 0.1) is 5.82 Å². The summed E-state index contributed by atoms with van der Waals surface area (Å²) in [5, 5.41) is 5.54. The summed E-state index contributed by atoms with van der Waals surface area (Å²) in [5.74, 6) is -0.291. The Morgan fingerprint density at radius 2 is 1.66 bits per heavy atom. The SMILES string of the molecule is COc1ccc(C(Cc2ccc(F)cc2)NC(=O)CNC(=O)/C=C/c2ccccc2)cc1. The highest BCUT2D eigenvalue weighted by Crippen LogP contribution is 2.21. The number of carbonyl (C=O) groups is 2. The summed E-state index contributed by atoms with van der Waals surface area (Å²) in [5.41, 5.74) is 2.65. The Hall–Kier alpha value is -3.93. The van der Waals surface area contributed by atoms with Gasteiger partial charge in [0.1, 0.15) is 11.6 Å². The van der Waals surface area contributed by atoms with Crippen LogP contribution < -0.4 is 15.4 Å². The number of carbonyl (C=O) groups excluding carboxylic acids is 2. The van der Waals surface area contributed by atoms with Crippen molar-refractivity contribution in [1.82, 2.24) is 10.6 Å². The molecule has 0 saturated heterocycles. The first-order valence-electron chi connectivity index (χ1n) is 10.2. The van der Waals surface area contributed by atoms with E-state index in [4.69, 9.17) is 4.74 Å². The van der Waals surface area contributed by atoms with E-state index in [0.29, 0.717) is 12.2 Å². The Labute approximate surface area is 186 Å². The fourth-order valence-electron chi connectivity index (χ4n) is 3.15. The third-order valence-corrected chi connectivity index (χ3v) is 4.86. The van der Waals surface area contributed by atoms with Crippen molar-refractivity contribution in [2.24, 2.45) is 0 Å². The average Bonchev–Trinajstić information content (AvgIpc) is 2.83. The molecule has 5 nitrogen and oxygen atoms in total. The molecule has 32 heavy (non-hydrogen) atoms. The number of ether oxygens (including phenoxy) is 1. The van der Waals surface area contributed by atoms with Crippen molar-refractivity contribution >= 4 is 17.9 Å². The van der Waals surface area contributed by atoms with E-state index in [0.717, 1.165) is 16.7 Å².